The highest BCUT2D eigenvalue weighted by atomic mass is 19.3. The molecule has 2 nitrogen and oxygen atoms in total. The number of hydrogen-bond acceptors (Lipinski definition) is 2. The van der Waals surface area contributed by atoms with E-state index >= 15 is 0 Å². The minimum Gasteiger partial charge on any atom is -0.454 e. The fraction of sp³-hybridized carbons (Fsp3) is 0.217. The first-order valence-corrected chi connectivity index (χ1v) is 9.25. The van der Waals surface area contributed by atoms with Crippen LogP contribution in [0.25, 0.3) is 0 Å². The Morgan fingerprint density at radius 2 is 1.24 bits per heavy atom. The maximum absolute atomic E-state index is 14.8. The molecule has 29 heavy (non-hydrogen) atoms. The highest BCUT2D eigenvalue weighted by molar-refractivity contribution is 5.39. The maximum Gasteiger partial charge on any atom is 0.432 e. The molecule has 3 aromatic carbocycles. The van der Waals surface area contributed by atoms with Crippen molar-refractivity contribution in [2.75, 3.05) is 0 Å². The van der Waals surface area contributed by atoms with E-state index in [4.69, 9.17) is 4.74 Å². The summed E-state index contributed by atoms with van der Waals surface area (Å²) in [5.74, 6) is -3.41. The van der Waals surface area contributed by atoms with Gasteiger partial charge in [0.15, 0.2) is 11.6 Å². The molecule has 0 fully saturated rings. The predicted molar refractivity (Wildman–Crippen MR) is 103 cm³/mol. The lowest BCUT2D eigenvalue weighted by Gasteiger charge is -2.20. The van der Waals surface area contributed by atoms with E-state index in [0.29, 0.717) is 0 Å². The second-order valence-electron chi connectivity index (χ2n) is 6.45. The number of ether oxygens (including phenoxy) is 2. The number of rotatable bonds is 7. The van der Waals surface area contributed by atoms with Crippen molar-refractivity contribution in [3.63, 3.8) is 0 Å². The lowest BCUT2D eigenvalue weighted by molar-refractivity contribution is -0.189. The fourth-order valence-electron chi connectivity index (χ4n) is 2.79. The van der Waals surface area contributed by atoms with Crippen LogP contribution in [0.5, 0.6) is 17.2 Å². The molecule has 0 saturated carbocycles. The van der Waals surface area contributed by atoms with E-state index in [1.54, 1.807) is 36.4 Å². The molecule has 0 heterocycles. The molecule has 0 radical (unpaired) electrons. The quantitative estimate of drug-likeness (QED) is 0.394. The highest BCUT2D eigenvalue weighted by Crippen LogP contribution is 2.39. The van der Waals surface area contributed by atoms with Gasteiger partial charge in [-0.2, -0.15) is 8.78 Å². The van der Waals surface area contributed by atoms with Gasteiger partial charge in [0.25, 0.3) is 0 Å². The van der Waals surface area contributed by atoms with Crippen molar-refractivity contribution in [2.24, 2.45) is 0 Å². The minimum absolute atomic E-state index is 0.201. The normalized spacial score (nSPS) is 11.4. The highest BCUT2D eigenvalue weighted by Gasteiger charge is 2.42. The topological polar surface area (TPSA) is 18.5 Å². The van der Waals surface area contributed by atoms with E-state index in [9.17, 15) is 17.6 Å². The van der Waals surface area contributed by atoms with Crippen LogP contribution in [0.15, 0.2) is 60.7 Å². The number of hydrogen-bond donors (Lipinski definition) is 0. The standard InChI is InChI=1S/C23H20F4O2/c1-3-15-5-9-17(10-6-15)28-20-14-13-19(24)21(22(20)25)23(26,27)29-18-11-7-16(4-2)8-12-18/h5-14H,3-4H2,1-2H3. The SMILES string of the molecule is CCc1ccc(Oc2ccc(F)c(C(F)(F)Oc3ccc(CC)cc3)c2F)cc1. The van der Waals surface area contributed by atoms with Crippen LogP contribution < -0.4 is 9.47 Å². The van der Waals surface area contributed by atoms with Gasteiger partial charge in [-0.05, 0) is 60.4 Å². The molecule has 0 atom stereocenters. The molecule has 0 amide bonds. The van der Waals surface area contributed by atoms with Crippen molar-refractivity contribution in [3.8, 4) is 17.2 Å². The summed E-state index contributed by atoms with van der Waals surface area (Å²) < 4.78 is 68.1. The van der Waals surface area contributed by atoms with Gasteiger partial charge in [-0.3, -0.25) is 0 Å². The molecule has 3 rings (SSSR count). The molecule has 152 valence electrons. The van der Waals surface area contributed by atoms with Crippen molar-refractivity contribution in [3.05, 3.63) is 89.0 Å². The van der Waals surface area contributed by atoms with Gasteiger partial charge in [-0.25, -0.2) is 8.78 Å². The molecular formula is C23H20F4O2. The van der Waals surface area contributed by atoms with Crippen LogP contribution in [0.3, 0.4) is 0 Å². The van der Waals surface area contributed by atoms with Crippen molar-refractivity contribution in [1.29, 1.82) is 0 Å². The van der Waals surface area contributed by atoms with Crippen LogP contribution in [-0.2, 0) is 19.0 Å². The molecule has 6 heteroatoms. The second-order valence-corrected chi connectivity index (χ2v) is 6.45. The van der Waals surface area contributed by atoms with E-state index in [2.05, 4.69) is 4.74 Å². The predicted octanol–water partition coefficient (Wildman–Crippen LogP) is 7.01. The van der Waals surface area contributed by atoms with Crippen LogP contribution in [-0.4, -0.2) is 0 Å². The van der Waals surface area contributed by atoms with E-state index in [-0.39, 0.29) is 11.5 Å². The Labute approximate surface area is 166 Å². The first kappa shape index (κ1) is 20.7. The maximum atomic E-state index is 14.8. The van der Waals surface area contributed by atoms with Gasteiger partial charge < -0.3 is 9.47 Å². The Bertz CT molecular complexity index is 967. The second kappa shape index (κ2) is 8.55. The summed E-state index contributed by atoms with van der Waals surface area (Å²) >= 11 is 0. The van der Waals surface area contributed by atoms with Gasteiger partial charge in [-0.1, -0.05) is 38.1 Å². The molecule has 0 aliphatic rings. The Morgan fingerprint density at radius 3 is 1.76 bits per heavy atom. The molecule has 0 saturated heterocycles. The zero-order valence-electron chi connectivity index (χ0n) is 16.0. The van der Waals surface area contributed by atoms with Gasteiger partial charge in [0.1, 0.15) is 22.9 Å². The monoisotopic (exact) mass is 404 g/mol. The molecule has 0 unspecified atom stereocenters. The first-order valence-electron chi connectivity index (χ1n) is 9.25. The molecule has 0 spiro atoms. The summed E-state index contributed by atoms with van der Waals surface area (Å²) in [6, 6.07) is 14.3. The number of benzene rings is 3. The molecular weight excluding hydrogens is 384 g/mol. The fourth-order valence-corrected chi connectivity index (χ4v) is 2.79. The van der Waals surface area contributed by atoms with Crippen LogP contribution >= 0.6 is 0 Å². The van der Waals surface area contributed by atoms with Gasteiger partial charge in [0, 0.05) is 0 Å². The van der Waals surface area contributed by atoms with E-state index < -0.39 is 29.1 Å². The third kappa shape index (κ3) is 4.70. The summed E-state index contributed by atoms with van der Waals surface area (Å²) in [5.41, 5.74) is 0.453. The van der Waals surface area contributed by atoms with Crippen molar-refractivity contribution in [2.45, 2.75) is 32.8 Å². The summed E-state index contributed by atoms with van der Waals surface area (Å²) in [6.07, 6.45) is -2.70. The Balaban J connectivity index is 1.89. The third-order valence-electron chi connectivity index (χ3n) is 4.48. The number of alkyl halides is 2. The summed E-state index contributed by atoms with van der Waals surface area (Å²) in [5, 5.41) is 0. The van der Waals surface area contributed by atoms with E-state index in [1.165, 1.54) is 12.1 Å². The Kier molecular flexibility index (Phi) is 6.11. The molecule has 0 aromatic heterocycles. The molecule has 0 N–H and O–H groups in total. The van der Waals surface area contributed by atoms with Crippen LogP contribution in [0, 0.1) is 11.6 Å². The average molecular weight is 404 g/mol. The zero-order chi connectivity index (χ0) is 21.0. The van der Waals surface area contributed by atoms with Gasteiger partial charge in [-0.15, -0.1) is 0 Å². The van der Waals surface area contributed by atoms with E-state index in [0.717, 1.165) is 36.1 Å². The van der Waals surface area contributed by atoms with Gasteiger partial charge >= 0.3 is 6.11 Å². The number of halogens is 4. The van der Waals surface area contributed by atoms with Gasteiger partial charge in [0.2, 0.25) is 0 Å². The molecule has 3 aromatic rings. The van der Waals surface area contributed by atoms with Crippen LogP contribution in [0.1, 0.15) is 30.5 Å². The summed E-state index contributed by atoms with van der Waals surface area (Å²) in [7, 11) is 0. The molecule has 0 aliphatic carbocycles. The molecule has 0 bridgehead atoms. The Hall–Kier alpha value is -3.02. The van der Waals surface area contributed by atoms with Crippen molar-refractivity contribution < 1.29 is 27.0 Å². The summed E-state index contributed by atoms with van der Waals surface area (Å²) in [6.45, 7) is 3.89. The number of aryl methyl sites for hydroxylation is 2. The average Bonchev–Trinajstić information content (AvgIpc) is 2.71. The summed E-state index contributed by atoms with van der Waals surface area (Å²) in [4.78, 5) is 0. The Morgan fingerprint density at radius 1 is 0.724 bits per heavy atom. The minimum atomic E-state index is -4.23. The van der Waals surface area contributed by atoms with Gasteiger partial charge in [0.05, 0.1) is 0 Å². The van der Waals surface area contributed by atoms with Crippen molar-refractivity contribution >= 4 is 0 Å². The van der Waals surface area contributed by atoms with Crippen molar-refractivity contribution in [1.82, 2.24) is 0 Å². The van der Waals surface area contributed by atoms with E-state index in [1.807, 2.05) is 13.8 Å². The molecule has 0 aliphatic heterocycles. The van der Waals surface area contributed by atoms with Crippen LogP contribution in [0.4, 0.5) is 17.6 Å². The van der Waals surface area contributed by atoms with Crippen LogP contribution in [0.2, 0.25) is 0 Å². The first-order chi connectivity index (χ1) is 13.8. The smallest absolute Gasteiger partial charge is 0.432 e. The third-order valence-corrected chi connectivity index (χ3v) is 4.48. The zero-order valence-corrected chi connectivity index (χ0v) is 16.0. The largest absolute Gasteiger partial charge is 0.454 e. The lowest BCUT2D eigenvalue weighted by atomic mass is 10.1. The lowest BCUT2D eigenvalue weighted by Crippen LogP contribution is -2.25.